The summed E-state index contributed by atoms with van der Waals surface area (Å²) >= 11 is 0. The van der Waals surface area contributed by atoms with Gasteiger partial charge in [-0.2, -0.15) is 0 Å². The monoisotopic (exact) mass is 239 g/mol. The molecule has 0 spiro atoms. The van der Waals surface area contributed by atoms with E-state index in [0.717, 1.165) is 6.54 Å². The van der Waals surface area contributed by atoms with E-state index in [1.165, 1.54) is 0 Å². The minimum absolute atomic E-state index is 0.0433. The normalized spacial score (nSPS) is 20.6. The molecule has 2 rings (SSSR count). The lowest BCUT2D eigenvalue weighted by atomic mass is 10.2. The van der Waals surface area contributed by atoms with Gasteiger partial charge in [0.25, 0.3) is 5.91 Å². The Bertz CT molecular complexity index is 389. The van der Waals surface area contributed by atoms with Crippen molar-refractivity contribution in [3.63, 3.8) is 0 Å². The highest BCUT2D eigenvalue weighted by atomic mass is 16.5. The minimum Gasteiger partial charge on any atom is -0.373 e. The van der Waals surface area contributed by atoms with Crippen LogP contribution in [0.4, 0.5) is 0 Å². The number of aryl methyl sites for hydroxylation is 1. The van der Waals surface area contributed by atoms with Crippen LogP contribution in [0.25, 0.3) is 0 Å². The van der Waals surface area contributed by atoms with Crippen LogP contribution in [-0.2, 0) is 4.74 Å². The van der Waals surface area contributed by atoms with Crippen molar-refractivity contribution in [1.82, 2.24) is 15.4 Å². The van der Waals surface area contributed by atoms with Crippen LogP contribution in [0.2, 0.25) is 0 Å². The van der Waals surface area contributed by atoms with E-state index in [1.54, 1.807) is 17.9 Å². The molecule has 0 aliphatic carbocycles. The van der Waals surface area contributed by atoms with Gasteiger partial charge in [0, 0.05) is 25.7 Å². The van der Waals surface area contributed by atoms with Crippen LogP contribution < -0.4 is 5.32 Å². The van der Waals surface area contributed by atoms with E-state index >= 15 is 0 Å². The lowest BCUT2D eigenvalue weighted by Crippen LogP contribution is -2.48. The Morgan fingerprint density at radius 2 is 2.53 bits per heavy atom. The molecule has 94 valence electrons. The summed E-state index contributed by atoms with van der Waals surface area (Å²) in [4.78, 5) is 13.8. The fourth-order valence-electron chi connectivity index (χ4n) is 1.88. The molecule has 2 heterocycles. The van der Waals surface area contributed by atoms with Crippen molar-refractivity contribution in [3.8, 4) is 0 Å². The van der Waals surface area contributed by atoms with Gasteiger partial charge in [0.2, 0.25) is 5.76 Å². The first-order valence-corrected chi connectivity index (χ1v) is 5.69. The molecule has 17 heavy (non-hydrogen) atoms. The smallest absolute Gasteiger partial charge is 0.292 e. The highest BCUT2D eigenvalue weighted by Crippen LogP contribution is 2.11. The molecule has 1 unspecified atom stereocenters. The van der Waals surface area contributed by atoms with Gasteiger partial charge in [-0.05, 0) is 14.0 Å². The minimum atomic E-state index is -0.116. The Kier molecular flexibility index (Phi) is 3.75. The lowest BCUT2D eigenvalue weighted by molar-refractivity contribution is -0.0208. The fourth-order valence-corrected chi connectivity index (χ4v) is 1.88. The van der Waals surface area contributed by atoms with Crippen LogP contribution in [-0.4, -0.2) is 55.4 Å². The summed E-state index contributed by atoms with van der Waals surface area (Å²) in [5.74, 6) is 0.183. The van der Waals surface area contributed by atoms with Crippen molar-refractivity contribution in [2.75, 3.05) is 33.3 Å². The molecule has 6 nitrogen and oxygen atoms in total. The average molecular weight is 239 g/mol. The highest BCUT2D eigenvalue weighted by Gasteiger charge is 2.26. The number of morpholine rings is 1. The van der Waals surface area contributed by atoms with E-state index in [4.69, 9.17) is 9.26 Å². The molecule has 1 atom stereocenters. The van der Waals surface area contributed by atoms with Gasteiger partial charge >= 0.3 is 0 Å². The van der Waals surface area contributed by atoms with Crippen LogP contribution in [0.3, 0.4) is 0 Å². The van der Waals surface area contributed by atoms with E-state index in [2.05, 4.69) is 10.5 Å². The second-order valence-corrected chi connectivity index (χ2v) is 4.13. The third-order valence-corrected chi connectivity index (χ3v) is 2.70. The molecule has 1 aliphatic heterocycles. The average Bonchev–Trinajstić information content (AvgIpc) is 2.76. The van der Waals surface area contributed by atoms with Crippen LogP contribution in [0, 0.1) is 6.92 Å². The SMILES string of the molecule is CNCC1CN(C(=O)c2cc(C)no2)CCO1. The molecule has 1 fully saturated rings. The number of likely N-dealkylation sites (N-methyl/N-ethyl adjacent to an activating group) is 1. The van der Waals surface area contributed by atoms with E-state index in [9.17, 15) is 4.79 Å². The third-order valence-electron chi connectivity index (χ3n) is 2.70. The predicted molar refractivity (Wildman–Crippen MR) is 60.8 cm³/mol. The highest BCUT2D eigenvalue weighted by molar-refractivity contribution is 5.91. The standard InChI is InChI=1S/C11H17N3O3/c1-8-5-10(17-13-8)11(15)14-3-4-16-9(7-14)6-12-2/h5,9,12H,3-4,6-7H2,1-2H3. The summed E-state index contributed by atoms with van der Waals surface area (Å²) < 4.78 is 10.5. The summed E-state index contributed by atoms with van der Waals surface area (Å²) in [5, 5.41) is 6.76. The molecule has 1 aromatic rings. The van der Waals surface area contributed by atoms with Crippen LogP contribution in [0.15, 0.2) is 10.6 Å². The maximum atomic E-state index is 12.1. The van der Waals surface area contributed by atoms with Gasteiger partial charge in [-0.1, -0.05) is 5.16 Å². The van der Waals surface area contributed by atoms with Crippen molar-refractivity contribution in [2.45, 2.75) is 13.0 Å². The largest absolute Gasteiger partial charge is 0.373 e. The summed E-state index contributed by atoms with van der Waals surface area (Å²) in [5.41, 5.74) is 0.716. The van der Waals surface area contributed by atoms with E-state index in [-0.39, 0.29) is 12.0 Å². The molecule has 1 aromatic heterocycles. The van der Waals surface area contributed by atoms with Gasteiger partial charge < -0.3 is 19.5 Å². The lowest BCUT2D eigenvalue weighted by Gasteiger charge is -2.32. The second kappa shape index (κ2) is 5.29. The topological polar surface area (TPSA) is 67.6 Å². The number of aromatic nitrogens is 1. The molecular weight excluding hydrogens is 222 g/mol. The number of nitrogens with zero attached hydrogens (tertiary/aromatic N) is 2. The maximum Gasteiger partial charge on any atom is 0.292 e. The van der Waals surface area contributed by atoms with E-state index in [1.807, 2.05) is 7.05 Å². The van der Waals surface area contributed by atoms with Crippen molar-refractivity contribution >= 4 is 5.91 Å². The first-order chi connectivity index (χ1) is 8.20. The van der Waals surface area contributed by atoms with Gasteiger partial charge in [0.1, 0.15) is 0 Å². The number of nitrogens with one attached hydrogen (secondary N) is 1. The van der Waals surface area contributed by atoms with Gasteiger partial charge in [0.05, 0.1) is 18.4 Å². The molecule has 1 aliphatic rings. The number of hydrogen-bond donors (Lipinski definition) is 1. The van der Waals surface area contributed by atoms with Crippen molar-refractivity contribution in [2.24, 2.45) is 0 Å². The zero-order valence-electron chi connectivity index (χ0n) is 10.1. The maximum absolute atomic E-state index is 12.1. The molecule has 6 heteroatoms. The zero-order chi connectivity index (χ0) is 12.3. The van der Waals surface area contributed by atoms with E-state index < -0.39 is 0 Å². The molecule has 1 N–H and O–H groups in total. The Balaban J connectivity index is 1.99. The second-order valence-electron chi connectivity index (χ2n) is 4.13. The fraction of sp³-hybridized carbons (Fsp3) is 0.636. The van der Waals surface area contributed by atoms with Crippen LogP contribution in [0.5, 0.6) is 0 Å². The predicted octanol–water partition coefficient (Wildman–Crippen LogP) is 0.0434. The third kappa shape index (κ3) is 2.83. The molecule has 0 aromatic carbocycles. The number of carbonyl (C=O) groups is 1. The van der Waals surface area contributed by atoms with Crippen LogP contribution >= 0.6 is 0 Å². The molecule has 1 amide bonds. The number of ether oxygens (including phenoxy) is 1. The summed E-state index contributed by atoms with van der Waals surface area (Å²) in [6.07, 6.45) is 0.0433. The van der Waals surface area contributed by atoms with Gasteiger partial charge in [-0.15, -0.1) is 0 Å². The van der Waals surface area contributed by atoms with E-state index in [0.29, 0.717) is 31.2 Å². The number of amides is 1. The Labute approximate surface area is 99.9 Å². The number of hydrogen-bond acceptors (Lipinski definition) is 5. The van der Waals surface area contributed by atoms with Crippen molar-refractivity contribution in [3.05, 3.63) is 17.5 Å². The zero-order valence-corrected chi connectivity index (χ0v) is 10.1. The Morgan fingerprint density at radius 3 is 3.18 bits per heavy atom. The van der Waals surface area contributed by atoms with Crippen molar-refractivity contribution < 1.29 is 14.1 Å². The van der Waals surface area contributed by atoms with Gasteiger partial charge in [-0.25, -0.2) is 0 Å². The Hall–Kier alpha value is -1.40. The van der Waals surface area contributed by atoms with Gasteiger partial charge in [-0.3, -0.25) is 4.79 Å². The molecule has 0 radical (unpaired) electrons. The Morgan fingerprint density at radius 1 is 1.71 bits per heavy atom. The number of carbonyl (C=O) groups excluding carboxylic acids is 1. The molecule has 0 bridgehead atoms. The van der Waals surface area contributed by atoms with Crippen molar-refractivity contribution in [1.29, 1.82) is 0 Å². The first kappa shape index (κ1) is 12.1. The first-order valence-electron chi connectivity index (χ1n) is 5.69. The quantitative estimate of drug-likeness (QED) is 0.807. The number of rotatable bonds is 3. The molecule has 0 saturated carbocycles. The molecular formula is C11H17N3O3. The summed E-state index contributed by atoms with van der Waals surface area (Å²) in [6, 6.07) is 1.66. The summed E-state index contributed by atoms with van der Waals surface area (Å²) in [7, 11) is 1.87. The summed E-state index contributed by atoms with van der Waals surface area (Å²) in [6.45, 7) is 4.27. The van der Waals surface area contributed by atoms with Crippen LogP contribution in [0.1, 0.15) is 16.2 Å². The molecule has 1 saturated heterocycles. The van der Waals surface area contributed by atoms with Gasteiger partial charge in [0.15, 0.2) is 0 Å².